The molecule has 12 nitrogen and oxygen atoms in total. The molecule has 0 aliphatic carbocycles. The number of fused-ring (bicyclic) bond motifs is 1. The molecule has 3 heterocycles. The summed E-state index contributed by atoms with van der Waals surface area (Å²) in [6.07, 6.45) is 0. The molecule has 224 valence electrons. The number of ether oxygens (including phenoxy) is 4. The number of para-hydroxylation sites is 2. The van der Waals surface area contributed by atoms with Crippen LogP contribution < -0.4 is 15.2 Å². The van der Waals surface area contributed by atoms with E-state index in [4.69, 9.17) is 24.7 Å². The number of carboxylic acids is 1. The van der Waals surface area contributed by atoms with E-state index in [9.17, 15) is 14.7 Å². The van der Waals surface area contributed by atoms with Crippen LogP contribution in [-0.4, -0.2) is 103 Å². The number of primary amides is 1. The number of carbonyl (C=O) groups is 2. The van der Waals surface area contributed by atoms with Crippen molar-refractivity contribution in [3.8, 4) is 11.5 Å². The molecule has 4 rings (SSSR count). The van der Waals surface area contributed by atoms with Gasteiger partial charge in [0.05, 0.1) is 37.8 Å². The lowest BCUT2D eigenvalue weighted by Crippen LogP contribution is -2.33. The van der Waals surface area contributed by atoms with E-state index in [1.54, 1.807) is 18.2 Å². The number of carboxylic acid groups (broad SMARTS) is 1. The highest BCUT2D eigenvalue weighted by Gasteiger charge is 2.14. The topological polar surface area (TPSA) is 150 Å². The zero-order chi connectivity index (χ0) is 29.6. The molecule has 0 saturated carbocycles. The molecule has 0 fully saturated rings. The predicted molar refractivity (Wildman–Crippen MR) is 154 cm³/mol. The second kappa shape index (κ2) is 16.4. The highest BCUT2D eigenvalue weighted by atomic mass is 16.5. The van der Waals surface area contributed by atoms with Crippen LogP contribution in [0, 0.1) is 0 Å². The van der Waals surface area contributed by atoms with E-state index in [-0.39, 0.29) is 11.4 Å². The second-order valence-corrected chi connectivity index (χ2v) is 9.62. The van der Waals surface area contributed by atoms with Crippen molar-refractivity contribution >= 4 is 11.9 Å². The zero-order valence-corrected chi connectivity index (χ0v) is 23.5. The Kier molecular flexibility index (Phi) is 12.0. The number of carbonyl (C=O) groups excluding carboxylic acids is 1. The maximum atomic E-state index is 11.6. The zero-order valence-electron chi connectivity index (χ0n) is 23.5. The van der Waals surface area contributed by atoms with Gasteiger partial charge in [0.1, 0.15) is 24.6 Å². The number of benzene rings is 1. The maximum Gasteiger partial charge on any atom is 0.354 e. The minimum atomic E-state index is -1.06. The first-order valence-corrected chi connectivity index (χ1v) is 13.9. The van der Waals surface area contributed by atoms with Crippen LogP contribution in [0.15, 0.2) is 60.7 Å². The Labute approximate surface area is 245 Å². The summed E-state index contributed by atoms with van der Waals surface area (Å²) in [5.41, 5.74) is 7.03. The normalized spacial score (nSPS) is 16.7. The number of aromatic carboxylic acids is 1. The quantitative estimate of drug-likeness (QED) is 0.442. The second-order valence-electron chi connectivity index (χ2n) is 9.62. The number of nitrogens with zero attached hydrogens (tertiary/aromatic N) is 4. The molecule has 3 aromatic rings. The molecule has 0 bridgehead atoms. The Morgan fingerprint density at radius 1 is 0.667 bits per heavy atom. The summed E-state index contributed by atoms with van der Waals surface area (Å²) < 4.78 is 23.9. The average Bonchev–Trinajstić information content (AvgIpc) is 2.98. The van der Waals surface area contributed by atoms with Crippen molar-refractivity contribution in [1.29, 1.82) is 0 Å². The minimum Gasteiger partial charge on any atom is -0.488 e. The number of aromatic nitrogens is 2. The predicted octanol–water partition coefficient (Wildman–Crippen LogP) is 2.08. The Hall–Kier alpha value is -4.10. The molecule has 2 aromatic heterocycles. The number of pyridine rings is 2. The van der Waals surface area contributed by atoms with Crippen LogP contribution in [0.3, 0.4) is 0 Å². The summed E-state index contributed by atoms with van der Waals surface area (Å²) in [5.74, 6) is -0.357. The highest BCUT2D eigenvalue weighted by molar-refractivity contribution is 5.90. The maximum absolute atomic E-state index is 11.6. The Morgan fingerprint density at radius 3 is 1.64 bits per heavy atom. The van der Waals surface area contributed by atoms with Crippen molar-refractivity contribution in [2.75, 3.05) is 65.8 Å². The fourth-order valence-electron chi connectivity index (χ4n) is 4.36. The first kappa shape index (κ1) is 30.8. The molecule has 1 aliphatic heterocycles. The molecule has 1 aromatic carbocycles. The Bertz CT molecular complexity index is 1210. The van der Waals surface area contributed by atoms with Gasteiger partial charge in [0.15, 0.2) is 11.5 Å². The average molecular weight is 580 g/mol. The Balaban J connectivity index is 1.40. The van der Waals surface area contributed by atoms with Gasteiger partial charge < -0.3 is 29.8 Å². The van der Waals surface area contributed by atoms with Gasteiger partial charge in [-0.3, -0.25) is 14.6 Å². The van der Waals surface area contributed by atoms with Crippen LogP contribution in [0.4, 0.5) is 0 Å². The van der Waals surface area contributed by atoms with Gasteiger partial charge in [0.2, 0.25) is 0 Å². The third-order valence-electron chi connectivity index (χ3n) is 6.51. The van der Waals surface area contributed by atoms with E-state index < -0.39 is 11.9 Å². The van der Waals surface area contributed by atoms with Crippen LogP contribution in [0.25, 0.3) is 0 Å². The first-order valence-electron chi connectivity index (χ1n) is 13.9. The van der Waals surface area contributed by atoms with E-state index >= 15 is 0 Å². The largest absolute Gasteiger partial charge is 0.488 e. The molecule has 0 unspecified atom stereocenters. The molecule has 1 aliphatic rings. The third kappa shape index (κ3) is 10.1. The molecule has 42 heavy (non-hydrogen) atoms. The van der Waals surface area contributed by atoms with Gasteiger partial charge in [-0.2, -0.15) is 0 Å². The summed E-state index contributed by atoms with van der Waals surface area (Å²) in [4.78, 5) is 35.8. The van der Waals surface area contributed by atoms with Crippen molar-refractivity contribution in [3.05, 3.63) is 83.4 Å². The van der Waals surface area contributed by atoms with E-state index in [0.717, 1.165) is 5.69 Å². The van der Waals surface area contributed by atoms with E-state index in [0.29, 0.717) is 96.1 Å². The van der Waals surface area contributed by atoms with Crippen molar-refractivity contribution < 1.29 is 33.6 Å². The fourth-order valence-corrected chi connectivity index (χ4v) is 4.36. The third-order valence-corrected chi connectivity index (χ3v) is 6.51. The number of nitrogens with two attached hydrogens (primary N) is 1. The SMILES string of the molecule is NC(=O)c1cccc(CN2CCOCCOCCN(Cc3cccc(C(=O)O)n3)CCOc3ccccc3OCC2)n1. The fraction of sp³-hybridized carbons (Fsp3) is 0.400. The van der Waals surface area contributed by atoms with Gasteiger partial charge in [-0.1, -0.05) is 24.3 Å². The summed E-state index contributed by atoms with van der Waals surface area (Å²) >= 11 is 0. The molecular weight excluding hydrogens is 542 g/mol. The lowest BCUT2D eigenvalue weighted by Gasteiger charge is -2.24. The molecule has 12 heteroatoms. The molecular formula is C30H37N5O7. The van der Waals surface area contributed by atoms with E-state index in [1.165, 1.54) is 6.07 Å². The molecule has 1 amide bonds. The monoisotopic (exact) mass is 579 g/mol. The number of hydrogen-bond donors (Lipinski definition) is 2. The van der Waals surface area contributed by atoms with Crippen molar-refractivity contribution in [2.45, 2.75) is 13.1 Å². The summed E-state index contributed by atoms with van der Waals surface area (Å²) in [7, 11) is 0. The number of amides is 1. The lowest BCUT2D eigenvalue weighted by atomic mass is 10.2. The molecule has 3 N–H and O–H groups in total. The minimum absolute atomic E-state index is 0.0126. The van der Waals surface area contributed by atoms with Gasteiger partial charge in [0.25, 0.3) is 5.91 Å². The lowest BCUT2D eigenvalue weighted by molar-refractivity contribution is 0.0268. The smallest absolute Gasteiger partial charge is 0.354 e. The van der Waals surface area contributed by atoms with Crippen molar-refractivity contribution in [1.82, 2.24) is 19.8 Å². The number of hydrogen-bond acceptors (Lipinski definition) is 10. The molecule has 0 atom stereocenters. The number of rotatable bonds is 6. The molecule has 0 spiro atoms. The van der Waals surface area contributed by atoms with Gasteiger partial charge in [-0.25, -0.2) is 14.8 Å². The highest BCUT2D eigenvalue weighted by Crippen LogP contribution is 2.26. The van der Waals surface area contributed by atoms with Crippen molar-refractivity contribution in [3.63, 3.8) is 0 Å². The van der Waals surface area contributed by atoms with Crippen LogP contribution >= 0.6 is 0 Å². The summed E-state index contributed by atoms with van der Waals surface area (Å²) in [5, 5.41) is 9.30. The van der Waals surface area contributed by atoms with Gasteiger partial charge in [0, 0.05) is 39.3 Å². The Morgan fingerprint density at radius 2 is 1.14 bits per heavy atom. The first-order chi connectivity index (χ1) is 20.5. The van der Waals surface area contributed by atoms with Crippen molar-refractivity contribution in [2.24, 2.45) is 5.73 Å². The molecule has 0 radical (unpaired) electrons. The summed E-state index contributed by atoms with van der Waals surface area (Å²) in [6.45, 7) is 5.96. The van der Waals surface area contributed by atoms with Crippen LogP contribution in [0.2, 0.25) is 0 Å². The van der Waals surface area contributed by atoms with Crippen LogP contribution in [-0.2, 0) is 22.6 Å². The van der Waals surface area contributed by atoms with Crippen LogP contribution in [0.1, 0.15) is 32.4 Å². The van der Waals surface area contributed by atoms with E-state index in [2.05, 4.69) is 19.8 Å². The summed E-state index contributed by atoms with van der Waals surface area (Å²) in [6, 6.07) is 17.7. The van der Waals surface area contributed by atoms with Crippen LogP contribution in [0.5, 0.6) is 11.5 Å². The van der Waals surface area contributed by atoms with E-state index in [1.807, 2.05) is 36.4 Å². The van der Waals surface area contributed by atoms with Gasteiger partial charge in [-0.15, -0.1) is 0 Å². The molecule has 0 saturated heterocycles. The van der Waals surface area contributed by atoms with Gasteiger partial charge >= 0.3 is 5.97 Å². The van der Waals surface area contributed by atoms with Gasteiger partial charge in [-0.05, 0) is 36.4 Å². The standard InChI is InChI=1S/C30H37N5O7/c31-29(36)25-7-3-5-23(32-25)21-34-11-15-39-19-20-40-16-12-35(22-24-6-4-8-26(33-24)30(37)38)14-18-42-28-10-2-1-9-27(28)41-17-13-34/h1-10H,11-22H2,(H2,31,36)(H,37,38).